The Hall–Kier alpha value is -2.53. The van der Waals surface area contributed by atoms with Crippen molar-refractivity contribution in [3.63, 3.8) is 0 Å². The topological polar surface area (TPSA) is 92.8 Å². The highest BCUT2D eigenvalue weighted by atomic mass is 32.2. The van der Waals surface area contributed by atoms with Gasteiger partial charge in [-0.05, 0) is 31.9 Å². The summed E-state index contributed by atoms with van der Waals surface area (Å²) in [5, 5.41) is 20.9. The number of nitrogens with one attached hydrogen (secondary N) is 1. The Morgan fingerprint density at radius 1 is 1.37 bits per heavy atom. The zero-order valence-corrected chi connectivity index (χ0v) is 16.3. The third-order valence-electron chi connectivity index (χ3n) is 4.80. The Labute approximate surface area is 163 Å². The fourth-order valence-corrected chi connectivity index (χ4v) is 4.10. The first-order valence-electron chi connectivity index (χ1n) is 9.02. The maximum atomic E-state index is 12.7. The van der Waals surface area contributed by atoms with Gasteiger partial charge in [0.2, 0.25) is 5.91 Å². The molecule has 7 nitrogen and oxygen atoms in total. The minimum absolute atomic E-state index is 0.155. The second-order valence-corrected chi connectivity index (χ2v) is 7.97. The van der Waals surface area contributed by atoms with E-state index in [0.717, 1.165) is 24.9 Å². The number of hydrogen-bond donors (Lipinski definition) is 1. The molecular weight excluding hydrogens is 362 g/mol. The lowest BCUT2D eigenvalue weighted by Gasteiger charge is -2.32. The largest absolute Gasteiger partial charge is 0.495 e. The second kappa shape index (κ2) is 8.44. The van der Waals surface area contributed by atoms with Crippen molar-refractivity contribution >= 4 is 17.7 Å². The van der Waals surface area contributed by atoms with E-state index >= 15 is 0 Å². The van der Waals surface area contributed by atoms with Crippen LogP contribution >= 0.6 is 11.8 Å². The molecule has 0 spiro atoms. The second-order valence-electron chi connectivity index (χ2n) is 6.66. The van der Waals surface area contributed by atoms with Crippen LogP contribution in [0.15, 0.2) is 35.7 Å². The Bertz CT molecular complexity index is 839. The Balaban J connectivity index is 1.73. The molecule has 3 rings (SSSR count). The number of nitriles is 1. The van der Waals surface area contributed by atoms with Crippen LogP contribution in [-0.4, -0.2) is 38.6 Å². The number of aromatic nitrogens is 3. The predicted octanol–water partition coefficient (Wildman–Crippen LogP) is 3.10. The summed E-state index contributed by atoms with van der Waals surface area (Å²) in [4.78, 5) is 12.7. The van der Waals surface area contributed by atoms with E-state index in [1.165, 1.54) is 11.8 Å². The number of amides is 1. The normalized spacial score (nSPS) is 16.9. The molecule has 2 aromatic rings. The number of carbonyl (C=O) groups is 1. The first kappa shape index (κ1) is 19.2. The van der Waals surface area contributed by atoms with Crippen LogP contribution in [0.1, 0.15) is 39.0 Å². The van der Waals surface area contributed by atoms with E-state index in [9.17, 15) is 10.1 Å². The van der Waals surface area contributed by atoms with Gasteiger partial charge in [0.05, 0.1) is 24.1 Å². The molecule has 142 valence electrons. The molecular formula is C19H23N5O2S. The van der Waals surface area contributed by atoms with Crippen LogP contribution in [0, 0.1) is 11.3 Å². The first-order valence-corrected chi connectivity index (χ1v) is 9.90. The summed E-state index contributed by atoms with van der Waals surface area (Å²) in [6, 6.07) is 9.89. The van der Waals surface area contributed by atoms with Gasteiger partial charge >= 0.3 is 0 Å². The number of carbonyl (C=O) groups excluding carboxylic acids is 1. The van der Waals surface area contributed by atoms with E-state index in [4.69, 9.17) is 4.74 Å². The van der Waals surface area contributed by atoms with Gasteiger partial charge in [0, 0.05) is 0 Å². The third kappa shape index (κ3) is 4.25. The van der Waals surface area contributed by atoms with Crippen LogP contribution in [-0.2, 0) is 4.79 Å². The summed E-state index contributed by atoms with van der Waals surface area (Å²) in [5.74, 6) is 0.542. The maximum absolute atomic E-state index is 12.7. The van der Waals surface area contributed by atoms with Crippen molar-refractivity contribution < 1.29 is 9.53 Å². The molecule has 27 heavy (non-hydrogen) atoms. The molecule has 1 unspecified atom stereocenters. The maximum Gasteiger partial charge on any atom is 0.234 e. The van der Waals surface area contributed by atoms with E-state index < -0.39 is 10.8 Å². The highest BCUT2D eigenvalue weighted by Gasteiger charge is 2.35. The Morgan fingerprint density at radius 2 is 2.11 bits per heavy atom. The molecule has 1 N–H and O–H groups in total. The molecule has 1 aromatic carbocycles. The predicted molar refractivity (Wildman–Crippen MR) is 103 cm³/mol. The Morgan fingerprint density at radius 3 is 2.81 bits per heavy atom. The zero-order chi connectivity index (χ0) is 19.3. The standard InChI is InChI=1S/C19H23N5O2S/c1-14(17(25)22-19(12-20)10-6-3-7-11-19)27-18-23-21-13-24(18)15-8-4-5-9-16(15)26-2/h4-5,8-9,13-14H,3,6-7,10-11H2,1-2H3,(H,22,25). The lowest BCUT2D eigenvalue weighted by molar-refractivity contribution is -0.121. The van der Waals surface area contributed by atoms with E-state index in [1.807, 2.05) is 31.2 Å². The smallest absolute Gasteiger partial charge is 0.234 e. The molecule has 8 heteroatoms. The fourth-order valence-electron chi connectivity index (χ4n) is 3.27. The summed E-state index contributed by atoms with van der Waals surface area (Å²) in [6.07, 6.45) is 6.08. The number of para-hydroxylation sites is 2. The van der Waals surface area contributed by atoms with Gasteiger partial charge in [-0.25, -0.2) is 0 Å². The highest BCUT2D eigenvalue weighted by molar-refractivity contribution is 8.00. The molecule has 1 aliphatic rings. The molecule has 1 aromatic heterocycles. The molecule has 0 radical (unpaired) electrons. The van der Waals surface area contributed by atoms with Gasteiger partial charge in [-0.2, -0.15) is 5.26 Å². The molecule has 1 amide bonds. The van der Waals surface area contributed by atoms with Crippen LogP contribution < -0.4 is 10.1 Å². The number of thioether (sulfide) groups is 1. The summed E-state index contributed by atoms with van der Waals surface area (Å²) in [5.41, 5.74) is 0.0707. The number of ether oxygens (including phenoxy) is 1. The minimum atomic E-state index is -0.736. The number of hydrogen-bond acceptors (Lipinski definition) is 6. The van der Waals surface area contributed by atoms with Gasteiger partial charge in [0.25, 0.3) is 0 Å². The van der Waals surface area contributed by atoms with Crippen LogP contribution in [0.3, 0.4) is 0 Å². The van der Waals surface area contributed by atoms with Crippen molar-refractivity contribution in [1.29, 1.82) is 5.26 Å². The van der Waals surface area contributed by atoms with Crippen LogP contribution in [0.5, 0.6) is 5.75 Å². The van der Waals surface area contributed by atoms with Crippen LogP contribution in [0.4, 0.5) is 0 Å². The zero-order valence-electron chi connectivity index (χ0n) is 15.5. The van der Waals surface area contributed by atoms with Gasteiger partial charge in [-0.1, -0.05) is 43.2 Å². The molecule has 0 saturated heterocycles. The van der Waals surface area contributed by atoms with E-state index in [2.05, 4.69) is 21.6 Å². The van der Waals surface area contributed by atoms with Gasteiger partial charge in [0.1, 0.15) is 17.6 Å². The van der Waals surface area contributed by atoms with Crippen molar-refractivity contribution in [3.8, 4) is 17.5 Å². The summed E-state index contributed by atoms with van der Waals surface area (Å²) in [6.45, 7) is 1.81. The number of rotatable bonds is 6. The lowest BCUT2D eigenvalue weighted by atomic mass is 9.83. The SMILES string of the molecule is COc1ccccc1-n1cnnc1SC(C)C(=O)NC1(C#N)CCCCC1. The molecule has 0 aliphatic heterocycles. The van der Waals surface area contributed by atoms with Crippen molar-refractivity contribution in [2.75, 3.05) is 7.11 Å². The Kier molecular flexibility index (Phi) is 6.01. The average Bonchev–Trinajstić information content (AvgIpc) is 3.16. The average molecular weight is 385 g/mol. The molecule has 1 saturated carbocycles. The lowest BCUT2D eigenvalue weighted by Crippen LogP contribution is -2.50. The summed E-state index contributed by atoms with van der Waals surface area (Å²) >= 11 is 1.31. The molecule has 1 fully saturated rings. The van der Waals surface area contributed by atoms with Crippen LogP contribution in [0.2, 0.25) is 0 Å². The van der Waals surface area contributed by atoms with Gasteiger partial charge < -0.3 is 10.1 Å². The molecule has 0 bridgehead atoms. The van der Waals surface area contributed by atoms with Crippen molar-refractivity contribution in [2.24, 2.45) is 0 Å². The summed E-state index contributed by atoms with van der Waals surface area (Å²) < 4.78 is 7.20. The number of nitrogens with zero attached hydrogens (tertiary/aromatic N) is 4. The van der Waals surface area contributed by atoms with E-state index in [1.54, 1.807) is 18.0 Å². The van der Waals surface area contributed by atoms with Crippen molar-refractivity contribution in [1.82, 2.24) is 20.1 Å². The molecule has 1 atom stereocenters. The summed E-state index contributed by atoms with van der Waals surface area (Å²) in [7, 11) is 1.61. The molecule has 1 aliphatic carbocycles. The third-order valence-corrected chi connectivity index (χ3v) is 5.85. The minimum Gasteiger partial charge on any atom is -0.495 e. The number of benzene rings is 1. The van der Waals surface area contributed by atoms with E-state index in [0.29, 0.717) is 23.7 Å². The quantitative estimate of drug-likeness (QED) is 0.768. The van der Waals surface area contributed by atoms with Gasteiger partial charge in [-0.3, -0.25) is 9.36 Å². The number of methoxy groups -OCH3 is 1. The van der Waals surface area contributed by atoms with Gasteiger partial charge in [-0.15, -0.1) is 10.2 Å². The van der Waals surface area contributed by atoms with Gasteiger partial charge in [0.15, 0.2) is 5.16 Å². The van der Waals surface area contributed by atoms with Crippen LogP contribution in [0.25, 0.3) is 5.69 Å². The van der Waals surface area contributed by atoms with Crippen molar-refractivity contribution in [3.05, 3.63) is 30.6 Å². The highest BCUT2D eigenvalue weighted by Crippen LogP contribution is 2.31. The van der Waals surface area contributed by atoms with E-state index in [-0.39, 0.29) is 5.91 Å². The van der Waals surface area contributed by atoms with Crippen molar-refractivity contribution in [2.45, 2.75) is 55.0 Å². The molecule has 1 heterocycles. The first-order chi connectivity index (χ1) is 13.1. The monoisotopic (exact) mass is 385 g/mol. The fraction of sp³-hybridized carbons (Fsp3) is 0.474.